The molecule has 2 heterocycles. The van der Waals surface area contributed by atoms with Gasteiger partial charge in [-0.2, -0.15) is 0 Å². The number of alkyl halides is 3. The van der Waals surface area contributed by atoms with Crippen LogP contribution in [-0.2, 0) is 4.74 Å². The van der Waals surface area contributed by atoms with Crippen LogP contribution in [0.3, 0.4) is 0 Å². The van der Waals surface area contributed by atoms with E-state index in [2.05, 4.69) is 14.7 Å². The van der Waals surface area contributed by atoms with Crippen molar-refractivity contribution >= 4 is 22.6 Å². The summed E-state index contributed by atoms with van der Waals surface area (Å²) >= 11 is 0. The van der Waals surface area contributed by atoms with Gasteiger partial charge in [0.1, 0.15) is 11.6 Å². The molecule has 3 aromatic rings. The van der Waals surface area contributed by atoms with Crippen LogP contribution < -0.4 is 24.8 Å². The van der Waals surface area contributed by atoms with E-state index in [0.717, 1.165) is 12.1 Å². The topological polar surface area (TPSA) is 109 Å². The van der Waals surface area contributed by atoms with Gasteiger partial charge in [0.25, 0.3) is 0 Å². The zero-order valence-corrected chi connectivity index (χ0v) is 18.3. The first-order valence-electron chi connectivity index (χ1n) is 10.2. The van der Waals surface area contributed by atoms with Crippen molar-refractivity contribution in [2.24, 2.45) is 5.73 Å². The van der Waals surface area contributed by atoms with Crippen LogP contribution >= 0.6 is 0 Å². The average Bonchev–Trinajstić information content (AvgIpc) is 2.81. The minimum atomic E-state index is -4.96. The Morgan fingerprint density at radius 1 is 1.03 bits per heavy atom. The Labute approximate surface area is 192 Å². The minimum absolute atomic E-state index is 0.0799. The molecule has 1 aliphatic rings. The second kappa shape index (κ2) is 9.21. The van der Waals surface area contributed by atoms with Gasteiger partial charge < -0.3 is 29.6 Å². The highest BCUT2D eigenvalue weighted by molar-refractivity contribution is 5.96. The molecular weight excluding hydrogens is 457 g/mol. The molecule has 0 atom stereocenters. The summed E-state index contributed by atoms with van der Waals surface area (Å²) in [4.78, 5) is 22.9. The Balaban J connectivity index is 1.94. The molecule has 0 aliphatic carbocycles. The number of morpholine rings is 1. The number of methoxy groups -OCH3 is 2. The van der Waals surface area contributed by atoms with Crippen LogP contribution in [0.2, 0.25) is 0 Å². The second-order valence-corrected chi connectivity index (χ2v) is 7.35. The van der Waals surface area contributed by atoms with E-state index in [9.17, 15) is 18.0 Å². The number of anilines is 1. The van der Waals surface area contributed by atoms with Crippen LogP contribution in [0.4, 0.5) is 19.0 Å². The smallest absolute Gasteiger partial charge is 0.493 e. The Bertz CT molecular complexity index is 1230. The lowest BCUT2D eigenvalue weighted by atomic mass is 10.1. The molecule has 0 unspecified atom stereocenters. The molecule has 0 saturated carbocycles. The normalized spacial score (nSPS) is 14.2. The van der Waals surface area contributed by atoms with Gasteiger partial charge in [0.15, 0.2) is 17.3 Å². The molecule has 1 aliphatic heterocycles. The number of fused-ring (bicyclic) bond motifs is 1. The molecular formula is C22H21F3N4O5. The first-order valence-corrected chi connectivity index (χ1v) is 10.2. The summed E-state index contributed by atoms with van der Waals surface area (Å²) in [6, 6.07) is 6.72. The standard InChI is InChI=1S/C22H21F3N4O5/c1-31-17-10-15-16(11-18(17)32-2)27-20(28-21(15)29-3-5-33-6-4-29)13-7-12(19(26)30)8-14(9-13)34-22(23,24)25/h7-11H,3-6H2,1-2H3,(H2,26,30). The van der Waals surface area contributed by atoms with Gasteiger partial charge in [-0.1, -0.05) is 0 Å². The zero-order chi connectivity index (χ0) is 24.5. The number of carbonyl (C=O) groups excluding carboxylic acids is 1. The monoisotopic (exact) mass is 478 g/mol. The van der Waals surface area contributed by atoms with Crippen LogP contribution in [0.15, 0.2) is 30.3 Å². The van der Waals surface area contributed by atoms with Crippen molar-refractivity contribution in [3.05, 3.63) is 35.9 Å². The maximum absolute atomic E-state index is 12.9. The van der Waals surface area contributed by atoms with Crippen molar-refractivity contribution in [3.8, 4) is 28.6 Å². The van der Waals surface area contributed by atoms with E-state index in [-0.39, 0.29) is 17.0 Å². The summed E-state index contributed by atoms with van der Waals surface area (Å²) < 4.78 is 58.8. The van der Waals surface area contributed by atoms with Gasteiger partial charge in [-0.05, 0) is 24.3 Å². The van der Waals surface area contributed by atoms with Crippen molar-refractivity contribution in [2.45, 2.75) is 6.36 Å². The fraction of sp³-hybridized carbons (Fsp3) is 0.318. The molecule has 0 bridgehead atoms. The third-order valence-corrected chi connectivity index (χ3v) is 5.17. The fourth-order valence-electron chi connectivity index (χ4n) is 3.65. The Kier molecular flexibility index (Phi) is 6.33. The SMILES string of the molecule is COc1cc2nc(-c3cc(OC(F)(F)F)cc(C(N)=O)c3)nc(N3CCOCC3)c2cc1OC. The largest absolute Gasteiger partial charge is 0.573 e. The predicted octanol–water partition coefficient (Wildman–Crippen LogP) is 3.15. The summed E-state index contributed by atoms with van der Waals surface area (Å²) in [7, 11) is 2.98. The van der Waals surface area contributed by atoms with Gasteiger partial charge in [0, 0.05) is 35.7 Å². The van der Waals surface area contributed by atoms with Gasteiger partial charge in [0.2, 0.25) is 5.91 Å². The predicted molar refractivity (Wildman–Crippen MR) is 116 cm³/mol. The molecule has 180 valence electrons. The van der Waals surface area contributed by atoms with Gasteiger partial charge in [0.05, 0.1) is 33.0 Å². The van der Waals surface area contributed by atoms with Gasteiger partial charge in [-0.3, -0.25) is 4.79 Å². The Morgan fingerprint density at radius 2 is 1.71 bits per heavy atom. The molecule has 1 amide bonds. The van der Waals surface area contributed by atoms with E-state index >= 15 is 0 Å². The number of ether oxygens (including phenoxy) is 4. The second-order valence-electron chi connectivity index (χ2n) is 7.35. The lowest BCUT2D eigenvalue weighted by Gasteiger charge is -2.29. The van der Waals surface area contributed by atoms with Crippen LogP contribution in [0.5, 0.6) is 17.2 Å². The summed E-state index contributed by atoms with van der Waals surface area (Å²) in [5.41, 5.74) is 5.74. The van der Waals surface area contributed by atoms with Gasteiger partial charge >= 0.3 is 6.36 Å². The molecule has 9 nitrogen and oxygen atoms in total. The first kappa shape index (κ1) is 23.4. The summed E-state index contributed by atoms with van der Waals surface area (Å²) in [6.07, 6.45) is -4.96. The van der Waals surface area contributed by atoms with Crippen molar-refractivity contribution in [1.82, 2.24) is 9.97 Å². The number of aromatic nitrogens is 2. The summed E-state index contributed by atoms with van der Waals surface area (Å²) in [5, 5.41) is 0.654. The first-order chi connectivity index (χ1) is 16.2. The number of carbonyl (C=O) groups is 1. The van der Waals surface area contributed by atoms with E-state index in [0.29, 0.717) is 54.5 Å². The summed E-state index contributed by atoms with van der Waals surface area (Å²) in [5.74, 6) is -0.0300. The molecule has 1 saturated heterocycles. The molecule has 2 N–H and O–H groups in total. The summed E-state index contributed by atoms with van der Waals surface area (Å²) in [6.45, 7) is 2.05. The van der Waals surface area contributed by atoms with Crippen molar-refractivity contribution in [1.29, 1.82) is 0 Å². The van der Waals surface area contributed by atoms with E-state index in [1.54, 1.807) is 12.1 Å². The Morgan fingerprint density at radius 3 is 2.32 bits per heavy atom. The van der Waals surface area contributed by atoms with Crippen LogP contribution in [0.1, 0.15) is 10.4 Å². The number of nitrogens with zero attached hydrogens (tertiary/aromatic N) is 3. The number of halogens is 3. The van der Waals surface area contributed by atoms with Gasteiger partial charge in [-0.15, -0.1) is 13.2 Å². The highest BCUT2D eigenvalue weighted by Crippen LogP contribution is 2.37. The van der Waals surface area contributed by atoms with E-state index in [4.69, 9.17) is 19.9 Å². The van der Waals surface area contributed by atoms with Crippen LogP contribution in [-0.4, -0.2) is 62.8 Å². The number of hydrogen-bond donors (Lipinski definition) is 1. The van der Waals surface area contributed by atoms with Crippen molar-refractivity contribution < 1.29 is 36.9 Å². The van der Waals surface area contributed by atoms with Gasteiger partial charge in [-0.25, -0.2) is 9.97 Å². The highest BCUT2D eigenvalue weighted by Gasteiger charge is 2.32. The fourth-order valence-corrected chi connectivity index (χ4v) is 3.65. The molecule has 12 heteroatoms. The minimum Gasteiger partial charge on any atom is -0.493 e. The van der Waals surface area contributed by atoms with Crippen molar-refractivity contribution in [2.75, 3.05) is 45.4 Å². The van der Waals surface area contributed by atoms with E-state index < -0.39 is 18.0 Å². The molecule has 0 radical (unpaired) electrons. The molecule has 34 heavy (non-hydrogen) atoms. The highest BCUT2D eigenvalue weighted by atomic mass is 19.4. The maximum Gasteiger partial charge on any atom is 0.573 e. The number of nitrogens with two attached hydrogens (primary N) is 1. The average molecular weight is 478 g/mol. The molecule has 1 fully saturated rings. The number of benzene rings is 2. The number of rotatable bonds is 6. The van der Waals surface area contributed by atoms with E-state index in [1.807, 2.05) is 4.90 Å². The third-order valence-electron chi connectivity index (χ3n) is 5.17. The van der Waals surface area contributed by atoms with Crippen LogP contribution in [0, 0.1) is 0 Å². The van der Waals surface area contributed by atoms with Crippen molar-refractivity contribution in [3.63, 3.8) is 0 Å². The number of hydrogen-bond acceptors (Lipinski definition) is 8. The molecule has 0 spiro atoms. The number of amides is 1. The Hall–Kier alpha value is -3.80. The zero-order valence-electron chi connectivity index (χ0n) is 18.3. The lowest BCUT2D eigenvalue weighted by Crippen LogP contribution is -2.37. The number of primary amides is 1. The quantitative estimate of drug-likeness (QED) is 0.576. The third kappa shape index (κ3) is 4.91. The van der Waals surface area contributed by atoms with Crippen LogP contribution in [0.25, 0.3) is 22.3 Å². The maximum atomic E-state index is 12.9. The molecule has 4 rings (SSSR count). The molecule has 2 aromatic carbocycles. The molecule has 1 aromatic heterocycles. The lowest BCUT2D eigenvalue weighted by molar-refractivity contribution is -0.274. The van der Waals surface area contributed by atoms with E-state index in [1.165, 1.54) is 20.3 Å².